The van der Waals surface area contributed by atoms with Crippen molar-refractivity contribution >= 4 is 5.97 Å². The molecule has 1 saturated carbocycles. The number of methoxy groups -OCH3 is 1. The highest BCUT2D eigenvalue weighted by Crippen LogP contribution is 2.36. The Kier molecular flexibility index (Phi) is 3.61. The molecule has 0 N–H and O–H groups in total. The Balaban J connectivity index is 2.36. The fraction of sp³-hybridized carbons (Fsp3) is 0.700. The smallest absolute Gasteiger partial charge is 0.330 e. The Morgan fingerprint density at radius 3 is 2.50 bits per heavy atom. The molecule has 80 valence electrons. The Morgan fingerprint density at radius 2 is 2.00 bits per heavy atom. The van der Waals surface area contributed by atoms with Gasteiger partial charge in [0.25, 0.3) is 0 Å². The number of ether oxygens (including phenoxy) is 1. The molecule has 1 aliphatic rings. The summed E-state index contributed by atoms with van der Waals surface area (Å²) in [4.78, 5) is 10.7. The number of allylic oxidation sites excluding steroid dienone is 1. The van der Waals surface area contributed by atoms with E-state index in [1.807, 2.05) is 0 Å². The molecule has 0 heterocycles. The molecule has 4 heteroatoms. The van der Waals surface area contributed by atoms with E-state index in [1.54, 1.807) is 6.08 Å². The molecule has 0 bridgehead atoms. The van der Waals surface area contributed by atoms with E-state index < -0.39 is 11.9 Å². The zero-order valence-corrected chi connectivity index (χ0v) is 8.13. The summed E-state index contributed by atoms with van der Waals surface area (Å²) >= 11 is 0. The van der Waals surface area contributed by atoms with Crippen LogP contribution in [-0.4, -0.2) is 19.0 Å². The van der Waals surface area contributed by atoms with Crippen molar-refractivity contribution in [3.63, 3.8) is 0 Å². The molecule has 0 amide bonds. The fourth-order valence-corrected chi connectivity index (χ4v) is 1.54. The summed E-state index contributed by atoms with van der Waals surface area (Å²) in [5.74, 6) is -2.84. The molecule has 0 aromatic rings. The molecule has 0 aromatic carbocycles. The second-order valence-electron chi connectivity index (χ2n) is 3.58. The van der Waals surface area contributed by atoms with Crippen molar-refractivity contribution in [2.24, 2.45) is 5.92 Å². The second-order valence-corrected chi connectivity index (χ2v) is 3.58. The zero-order valence-electron chi connectivity index (χ0n) is 8.13. The molecule has 0 saturated heterocycles. The van der Waals surface area contributed by atoms with Crippen molar-refractivity contribution in [3.8, 4) is 0 Å². The molecule has 1 fully saturated rings. The summed E-state index contributed by atoms with van der Waals surface area (Å²) in [7, 11) is 1.29. The Labute approximate surface area is 81.9 Å². The maximum Gasteiger partial charge on any atom is 0.330 e. The van der Waals surface area contributed by atoms with Gasteiger partial charge in [-0.05, 0) is 18.8 Å². The van der Waals surface area contributed by atoms with Gasteiger partial charge in [-0.25, -0.2) is 13.6 Å². The maximum atomic E-state index is 12.7. The van der Waals surface area contributed by atoms with E-state index >= 15 is 0 Å². The first-order valence-electron chi connectivity index (χ1n) is 4.67. The van der Waals surface area contributed by atoms with Crippen LogP contribution in [-0.2, 0) is 9.53 Å². The van der Waals surface area contributed by atoms with Crippen LogP contribution < -0.4 is 0 Å². The number of alkyl halides is 2. The first kappa shape index (κ1) is 11.1. The zero-order chi connectivity index (χ0) is 10.6. The van der Waals surface area contributed by atoms with Crippen molar-refractivity contribution in [2.75, 3.05) is 7.11 Å². The number of carbonyl (C=O) groups excluding carboxylic acids is 1. The lowest BCUT2D eigenvalue weighted by Crippen LogP contribution is -2.23. The van der Waals surface area contributed by atoms with Gasteiger partial charge in [0.05, 0.1) is 7.11 Å². The average molecular weight is 204 g/mol. The van der Waals surface area contributed by atoms with Crippen LogP contribution in [0.5, 0.6) is 0 Å². The minimum atomic E-state index is -2.50. The summed E-state index contributed by atoms with van der Waals surface area (Å²) in [5, 5.41) is 0. The van der Waals surface area contributed by atoms with Gasteiger partial charge >= 0.3 is 5.97 Å². The third-order valence-corrected chi connectivity index (χ3v) is 2.47. The number of hydrogen-bond donors (Lipinski definition) is 0. The summed E-state index contributed by atoms with van der Waals surface area (Å²) in [6.07, 6.45) is 3.71. The average Bonchev–Trinajstić information content (AvgIpc) is 2.16. The van der Waals surface area contributed by atoms with Crippen LogP contribution >= 0.6 is 0 Å². The van der Waals surface area contributed by atoms with E-state index in [0.717, 1.165) is 0 Å². The minimum Gasteiger partial charge on any atom is -0.466 e. The first-order valence-corrected chi connectivity index (χ1v) is 4.67. The molecule has 0 spiro atoms. The summed E-state index contributed by atoms with van der Waals surface area (Å²) < 4.78 is 29.9. The minimum absolute atomic E-state index is 0.0802. The maximum absolute atomic E-state index is 12.7. The van der Waals surface area contributed by atoms with E-state index in [1.165, 1.54) is 13.2 Å². The molecule has 1 rings (SSSR count). The third kappa shape index (κ3) is 3.44. The van der Waals surface area contributed by atoms with Gasteiger partial charge in [0.1, 0.15) is 0 Å². The van der Waals surface area contributed by atoms with E-state index in [9.17, 15) is 13.6 Å². The van der Waals surface area contributed by atoms with Gasteiger partial charge < -0.3 is 4.74 Å². The van der Waals surface area contributed by atoms with E-state index in [2.05, 4.69) is 4.74 Å². The Bertz CT molecular complexity index is 226. The lowest BCUT2D eigenvalue weighted by atomic mass is 9.86. The van der Waals surface area contributed by atoms with E-state index in [0.29, 0.717) is 12.8 Å². The number of halogens is 2. The Morgan fingerprint density at radius 1 is 1.43 bits per heavy atom. The van der Waals surface area contributed by atoms with Gasteiger partial charge in [-0.15, -0.1) is 0 Å². The lowest BCUT2D eigenvalue weighted by molar-refractivity contribution is -0.134. The van der Waals surface area contributed by atoms with Crippen molar-refractivity contribution < 1.29 is 18.3 Å². The standard InChI is InChI=1S/C10H14F2O2/c1-14-9(13)3-2-8-4-6-10(11,12)7-5-8/h2-3,8H,4-7H2,1H3/b3-2+. The Hall–Kier alpha value is -0.930. The van der Waals surface area contributed by atoms with Crippen LogP contribution in [0.3, 0.4) is 0 Å². The van der Waals surface area contributed by atoms with Gasteiger partial charge in [0.2, 0.25) is 5.92 Å². The first-order chi connectivity index (χ1) is 6.53. The highest BCUT2D eigenvalue weighted by molar-refractivity contribution is 5.81. The second kappa shape index (κ2) is 4.53. The predicted octanol–water partition coefficient (Wildman–Crippen LogP) is 2.54. The van der Waals surface area contributed by atoms with Crippen molar-refractivity contribution in [1.29, 1.82) is 0 Å². The highest BCUT2D eigenvalue weighted by atomic mass is 19.3. The molecule has 0 atom stereocenters. The van der Waals surface area contributed by atoms with Gasteiger partial charge in [0.15, 0.2) is 0 Å². The lowest BCUT2D eigenvalue weighted by Gasteiger charge is -2.26. The summed E-state index contributed by atoms with van der Waals surface area (Å²) in [5.41, 5.74) is 0. The predicted molar refractivity (Wildman–Crippen MR) is 48.1 cm³/mol. The number of hydrogen-bond acceptors (Lipinski definition) is 2. The van der Waals surface area contributed by atoms with Crippen LogP contribution in [0.4, 0.5) is 8.78 Å². The monoisotopic (exact) mass is 204 g/mol. The normalized spacial score (nSPS) is 22.5. The largest absolute Gasteiger partial charge is 0.466 e. The fourth-order valence-electron chi connectivity index (χ4n) is 1.54. The van der Waals surface area contributed by atoms with Gasteiger partial charge in [-0.3, -0.25) is 0 Å². The van der Waals surface area contributed by atoms with Gasteiger partial charge in [-0.2, -0.15) is 0 Å². The topological polar surface area (TPSA) is 26.3 Å². The third-order valence-electron chi connectivity index (χ3n) is 2.47. The van der Waals surface area contributed by atoms with E-state index in [4.69, 9.17) is 0 Å². The molecule has 0 aliphatic heterocycles. The van der Waals surface area contributed by atoms with Crippen LogP contribution in [0, 0.1) is 5.92 Å². The van der Waals surface area contributed by atoms with Crippen LogP contribution in [0.2, 0.25) is 0 Å². The molecule has 0 aromatic heterocycles. The van der Waals surface area contributed by atoms with Crippen LogP contribution in [0.1, 0.15) is 25.7 Å². The molecule has 14 heavy (non-hydrogen) atoms. The summed E-state index contributed by atoms with van der Waals surface area (Å²) in [6, 6.07) is 0. The van der Waals surface area contributed by atoms with Crippen LogP contribution in [0.15, 0.2) is 12.2 Å². The molecule has 1 aliphatic carbocycles. The number of esters is 1. The van der Waals surface area contributed by atoms with Crippen molar-refractivity contribution in [3.05, 3.63) is 12.2 Å². The van der Waals surface area contributed by atoms with Crippen molar-refractivity contribution in [1.82, 2.24) is 0 Å². The summed E-state index contributed by atoms with van der Waals surface area (Å²) in [6.45, 7) is 0. The SMILES string of the molecule is COC(=O)/C=C/C1CCC(F)(F)CC1. The number of rotatable bonds is 2. The molecule has 2 nitrogen and oxygen atoms in total. The molecular formula is C10H14F2O2. The molecule has 0 unspecified atom stereocenters. The van der Waals surface area contributed by atoms with Crippen LogP contribution in [0.25, 0.3) is 0 Å². The van der Waals surface area contributed by atoms with E-state index in [-0.39, 0.29) is 18.8 Å². The highest BCUT2D eigenvalue weighted by Gasteiger charge is 2.33. The quantitative estimate of drug-likeness (QED) is 0.510. The number of carbonyl (C=O) groups is 1. The van der Waals surface area contributed by atoms with Gasteiger partial charge in [0, 0.05) is 18.9 Å². The van der Waals surface area contributed by atoms with Crippen molar-refractivity contribution in [2.45, 2.75) is 31.6 Å². The van der Waals surface area contributed by atoms with Gasteiger partial charge in [-0.1, -0.05) is 6.08 Å². The molecule has 0 radical (unpaired) electrons. The molecular weight excluding hydrogens is 190 g/mol.